The number of benzene rings is 1. The molecule has 0 radical (unpaired) electrons. The highest BCUT2D eigenvalue weighted by atomic mass is 16.5. The molecule has 86 valence electrons. The van der Waals surface area contributed by atoms with Crippen LogP contribution >= 0.6 is 0 Å². The van der Waals surface area contributed by atoms with Crippen LogP contribution in [0.4, 0.5) is 0 Å². The molecule has 1 aromatic carbocycles. The molecular formula is C15H20O. The number of hydrogen-bond donors (Lipinski definition) is 0. The number of ether oxygens (including phenoxy) is 1. The lowest BCUT2D eigenvalue weighted by atomic mass is 9.87. The maximum absolute atomic E-state index is 5.28. The Labute approximate surface area is 98.5 Å². The van der Waals surface area contributed by atoms with Crippen LogP contribution in [-0.4, -0.2) is 7.11 Å². The minimum atomic E-state index is 0.295. The molecule has 0 aromatic heterocycles. The van der Waals surface area contributed by atoms with Crippen LogP contribution in [0.2, 0.25) is 0 Å². The van der Waals surface area contributed by atoms with Crippen molar-refractivity contribution in [2.24, 2.45) is 5.41 Å². The van der Waals surface area contributed by atoms with Gasteiger partial charge in [-0.2, -0.15) is 0 Å². The molecule has 0 saturated carbocycles. The first kappa shape index (κ1) is 12.6. The molecule has 0 spiro atoms. The van der Waals surface area contributed by atoms with E-state index >= 15 is 0 Å². The van der Waals surface area contributed by atoms with Gasteiger partial charge in [-0.1, -0.05) is 33.4 Å². The average Bonchev–Trinajstić information content (AvgIpc) is 2.16. The summed E-state index contributed by atoms with van der Waals surface area (Å²) < 4.78 is 5.28. The molecular weight excluding hydrogens is 196 g/mol. The average molecular weight is 216 g/mol. The van der Waals surface area contributed by atoms with Crippen molar-refractivity contribution < 1.29 is 4.74 Å². The van der Waals surface area contributed by atoms with Gasteiger partial charge in [0.1, 0.15) is 5.75 Å². The largest absolute Gasteiger partial charge is 0.496 e. The first-order valence-electron chi connectivity index (χ1n) is 5.49. The van der Waals surface area contributed by atoms with Crippen LogP contribution in [0.5, 0.6) is 5.75 Å². The molecule has 0 aliphatic carbocycles. The molecule has 1 aromatic rings. The molecule has 0 bridgehead atoms. The van der Waals surface area contributed by atoms with Crippen LogP contribution in [0.25, 0.3) is 6.08 Å². The van der Waals surface area contributed by atoms with Gasteiger partial charge in [-0.15, -0.1) is 5.73 Å². The third-order valence-corrected chi connectivity index (χ3v) is 2.29. The van der Waals surface area contributed by atoms with E-state index in [1.165, 1.54) is 5.56 Å². The first-order valence-corrected chi connectivity index (χ1v) is 5.49. The first-order chi connectivity index (χ1) is 7.46. The summed E-state index contributed by atoms with van der Waals surface area (Å²) in [7, 11) is 1.68. The van der Waals surface area contributed by atoms with Crippen molar-refractivity contribution in [3.63, 3.8) is 0 Å². The molecule has 1 heteroatoms. The van der Waals surface area contributed by atoms with E-state index in [0.717, 1.165) is 17.7 Å². The normalized spacial score (nSPS) is 10.8. The fourth-order valence-corrected chi connectivity index (χ4v) is 1.73. The van der Waals surface area contributed by atoms with Crippen LogP contribution in [0, 0.1) is 5.41 Å². The zero-order chi connectivity index (χ0) is 12.2. The summed E-state index contributed by atoms with van der Waals surface area (Å²) in [4.78, 5) is 0. The van der Waals surface area contributed by atoms with Crippen LogP contribution in [0.3, 0.4) is 0 Å². The fraction of sp³-hybridized carbons (Fsp3) is 0.400. The second-order valence-corrected chi connectivity index (χ2v) is 5.16. The molecule has 0 fully saturated rings. The van der Waals surface area contributed by atoms with E-state index in [4.69, 9.17) is 4.74 Å². The van der Waals surface area contributed by atoms with Gasteiger partial charge in [0.25, 0.3) is 0 Å². The standard InChI is InChI=1S/C15H20O/c1-6-7-13-10-12(11-15(2,3)4)8-9-14(13)16-5/h7-10H,1,11H2,2-5H3. The summed E-state index contributed by atoms with van der Waals surface area (Å²) in [5.41, 5.74) is 5.44. The fourth-order valence-electron chi connectivity index (χ4n) is 1.73. The number of hydrogen-bond acceptors (Lipinski definition) is 1. The Hall–Kier alpha value is -1.46. The van der Waals surface area contributed by atoms with Crippen molar-refractivity contribution >= 4 is 6.08 Å². The van der Waals surface area contributed by atoms with Gasteiger partial charge < -0.3 is 4.74 Å². The molecule has 0 saturated heterocycles. The van der Waals surface area contributed by atoms with E-state index in [-0.39, 0.29) is 0 Å². The molecule has 16 heavy (non-hydrogen) atoms. The maximum Gasteiger partial charge on any atom is 0.126 e. The molecule has 0 unspecified atom stereocenters. The van der Waals surface area contributed by atoms with Gasteiger partial charge in [0.05, 0.1) is 7.11 Å². The second kappa shape index (κ2) is 5.05. The van der Waals surface area contributed by atoms with Crippen molar-refractivity contribution in [3.8, 4) is 5.75 Å². The van der Waals surface area contributed by atoms with Gasteiger partial charge in [0, 0.05) is 5.56 Å². The van der Waals surface area contributed by atoms with E-state index in [1.54, 1.807) is 7.11 Å². The van der Waals surface area contributed by atoms with Crippen molar-refractivity contribution in [2.45, 2.75) is 27.2 Å². The van der Waals surface area contributed by atoms with E-state index in [0.29, 0.717) is 5.41 Å². The molecule has 1 rings (SSSR count). The molecule has 1 nitrogen and oxygen atoms in total. The maximum atomic E-state index is 5.28. The summed E-state index contributed by atoms with van der Waals surface area (Å²) in [6.07, 6.45) is 2.90. The Kier molecular flexibility index (Phi) is 3.98. The molecule has 0 atom stereocenters. The molecule has 0 aliphatic rings. The van der Waals surface area contributed by atoms with Crippen LogP contribution < -0.4 is 4.74 Å². The SMILES string of the molecule is C=C=Cc1cc(CC(C)(C)C)ccc1OC. The zero-order valence-corrected chi connectivity index (χ0v) is 10.6. The number of methoxy groups -OCH3 is 1. The lowest BCUT2D eigenvalue weighted by molar-refractivity contribution is 0.406. The van der Waals surface area contributed by atoms with E-state index < -0.39 is 0 Å². The molecule has 0 aliphatic heterocycles. The van der Waals surface area contributed by atoms with Crippen molar-refractivity contribution in [2.75, 3.05) is 7.11 Å². The third kappa shape index (κ3) is 3.60. The summed E-state index contributed by atoms with van der Waals surface area (Å²) in [6.45, 7) is 10.3. The van der Waals surface area contributed by atoms with Crippen LogP contribution in [0.1, 0.15) is 31.9 Å². The Morgan fingerprint density at radius 3 is 2.56 bits per heavy atom. The van der Waals surface area contributed by atoms with Crippen LogP contribution in [0.15, 0.2) is 30.5 Å². The quantitative estimate of drug-likeness (QED) is 0.692. The van der Waals surface area contributed by atoms with Crippen molar-refractivity contribution in [1.29, 1.82) is 0 Å². The zero-order valence-electron chi connectivity index (χ0n) is 10.6. The Bertz CT molecular complexity index is 404. The van der Waals surface area contributed by atoms with Crippen molar-refractivity contribution in [3.05, 3.63) is 41.6 Å². The topological polar surface area (TPSA) is 9.23 Å². The Balaban J connectivity index is 3.07. The predicted octanol–water partition coefficient (Wildman–Crippen LogP) is 4.08. The molecule has 0 heterocycles. The van der Waals surface area contributed by atoms with Gasteiger partial charge in [-0.25, -0.2) is 0 Å². The number of rotatable bonds is 3. The van der Waals surface area contributed by atoms with Gasteiger partial charge in [-0.3, -0.25) is 0 Å². The lowest BCUT2D eigenvalue weighted by Crippen LogP contribution is -2.09. The van der Waals surface area contributed by atoms with E-state index in [9.17, 15) is 0 Å². The minimum Gasteiger partial charge on any atom is -0.496 e. The summed E-state index contributed by atoms with van der Waals surface area (Å²) in [6, 6.07) is 6.26. The Morgan fingerprint density at radius 1 is 1.38 bits per heavy atom. The molecule has 0 N–H and O–H groups in total. The summed E-state index contributed by atoms with van der Waals surface area (Å²) in [5, 5.41) is 0. The summed E-state index contributed by atoms with van der Waals surface area (Å²) >= 11 is 0. The Morgan fingerprint density at radius 2 is 2.06 bits per heavy atom. The third-order valence-electron chi connectivity index (χ3n) is 2.29. The monoisotopic (exact) mass is 216 g/mol. The smallest absolute Gasteiger partial charge is 0.126 e. The highest BCUT2D eigenvalue weighted by Crippen LogP contribution is 2.26. The van der Waals surface area contributed by atoms with Crippen LogP contribution in [-0.2, 0) is 6.42 Å². The highest BCUT2D eigenvalue weighted by molar-refractivity contribution is 5.57. The van der Waals surface area contributed by atoms with Crippen molar-refractivity contribution in [1.82, 2.24) is 0 Å². The predicted molar refractivity (Wildman–Crippen MR) is 69.8 cm³/mol. The van der Waals surface area contributed by atoms with Gasteiger partial charge in [-0.05, 0) is 35.6 Å². The lowest BCUT2D eigenvalue weighted by Gasteiger charge is -2.18. The van der Waals surface area contributed by atoms with Gasteiger partial charge in [0.2, 0.25) is 0 Å². The highest BCUT2D eigenvalue weighted by Gasteiger charge is 2.12. The van der Waals surface area contributed by atoms with E-state index in [1.807, 2.05) is 12.1 Å². The van der Waals surface area contributed by atoms with Gasteiger partial charge >= 0.3 is 0 Å². The van der Waals surface area contributed by atoms with Gasteiger partial charge in [0.15, 0.2) is 0 Å². The minimum absolute atomic E-state index is 0.295. The molecule has 0 amide bonds. The van der Waals surface area contributed by atoms with E-state index in [2.05, 4.69) is 45.2 Å². The summed E-state index contributed by atoms with van der Waals surface area (Å²) in [5.74, 6) is 0.869. The second-order valence-electron chi connectivity index (χ2n) is 5.16.